The quantitative estimate of drug-likeness (QED) is 0.820. The number of nitrogens with one attached hydrogen (secondary N) is 1. The zero-order valence-corrected chi connectivity index (χ0v) is 9.44. The van der Waals surface area contributed by atoms with E-state index in [1.165, 1.54) is 0 Å². The molecule has 2 aromatic rings. The number of hydrogen-bond acceptors (Lipinski definition) is 3. The first kappa shape index (κ1) is 9.47. The fraction of sp³-hybridized carbons (Fsp3) is 0.200. The fourth-order valence-electron chi connectivity index (χ4n) is 1.80. The summed E-state index contributed by atoms with van der Waals surface area (Å²) < 4.78 is 1.76. The van der Waals surface area contributed by atoms with E-state index in [2.05, 4.69) is 15.1 Å². The predicted molar refractivity (Wildman–Crippen MR) is 63.4 cm³/mol. The van der Waals surface area contributed by atoms with E-state index in [0.29, 0.717) is 11.8 Å². The van der Waals surface area contributed by atoms with Gasteiger partial charge in [0.25, 0.3) is 0 Å². The van der Waals surface area contributed by atoms with Crippen LogP contribution in [0.25, 0.3) is 0 Å². The van der Waals surface area contributed by atoms with E-state index in [1.54, 1.807) is 10.9 Å². The molecule has 1 aliphatic heterocycles. The molecule has 1 aliphatic rings. The number of hydrogen-bond donors (Lipinski definition) is 1. The van der Waals surface area contributed by atoms with E-state index in [0.717, 1.165) is 17.1 Å². The third kappa shape index (κ3) is 1.32. The number of rotatable bonds is 1. The standard InChI is InChI=1S/C10H10ClN5/c1-15-5-7(4-14-15)16-6-13-9(11)8-2-3-12-10(8)16/h2-5,12H,6H2,1H3. The van der Waals surface area contributed by atoms with Gasteiger partial charge in [-0.3, -0.25) is 9.67 Å². The molecule has 0 atom stereocenters. The second kappa shape index (κ2) is 3.38. The van der Waals surface area contributed by atoms with Gasteiger partial charge in [-0.05, 0) is 6.07 Å². The number of anilines is 2. The number of halogens is 1. The third-order valence-corrected chi connectivity index (χ3v) is 2.89. The lowest BCUT2D eigenvalue weighted by molar-refractivity contribution is 0.767. The predicted octanol–water partition coefficient (Wildman–Crippen LogP) is 1.84. The van der Waals surface area contributed by atoms with Crippen molar-refractivity contribution in [1.82, 2.24) is 14.8 Å². The second-order valence-corrected chi connectivity index (χ2v) is 3.99. The zero-order chi connectivity index (χ0) is 11.1. The largest absolute Gasteiger partial charge is 0.347 e. The Hall–Kier alpha value is -1.75. The summed E-state index contributed by atoms with van der Waals surface area (Å²) in [5.74, 6) is 0.966. The van der Waals surface area contributed by atoms with Crippen LogP contribution < -0.4 is 4.90 Å². The molecule has 0 aromatic carbocycles. The van der Waals surface area contributed by atoms with Gasteiger partial charge in [0.05, 0.1) is 17.4 Å². The van der Waals surface area contributed by atoms with Crippen LogP contribution in [0.5, 0.6) is 0 Å². The van der Waals surface area contributed by atoms with Crippen molar-refractivity contribution in [3.8, 4) is 0 Å². The number of aryl methyl sites for hydroxylation is 1. The molecule has 0 bridgehead atoms. The maximum Gasteiger partial charge on any atom is 0.136 e. The maximum absolute atomic E-state index is 6.03. The van der Waals surface area contributed by atoms with Gasteiger partial charge in [-0.2, -0.15) is 5.10 Å². The van der Waals surface area contributed by atoms with E-state index < -0.39 is 0 Å². The Bertz CT molecular complexity index is 553. The Kier molecular flexibility index (Phi) is 2.00. The first-order valence-corrected chi connectivity index (χ1v) is 5.27. The first-order valence-electron chi connectivity index (χ1n) is 4.89. The summed E-state index contributed by atoms with van der Waals surface area (Å²) in [5.41, 5.74) is 1.93. The molecular formula is C10H10ClN5. The Morgan fingerprint density at radius 2 is 2.38 bits per heavy atom. The third-order valence-electron chi connectivity index (χ3n) is 2.57. The average Bonchev–Trinajstić information content (AvgIpc) is 2.87. The van der Waals surface area contributed by atoms with Gasteiger partial charge in [-0.15, -0.1) is 0 Å². The number of aromatic amines is 1. The smallest absolute Gasteiger partial charge is 0.136 e. The van der Waals surface area contributed by atoms with Crippen molar-refractivity contribution in [3.05, 3.63) is 30.2 Å². The highest BCUT2D eigenvalue weighted by molar-refractivity contribution is 6.70. The zero-order valence-electron chi connectivity index (χ0n) is 8.68. The van der Waals surface area contributed by atoms with E-state index in [9.17, 15) is 0 Å². The molecule has 0 aliphatic carbocycles. The van der Waals surface area contributed by atoms with Gasteiger partial charge in [0, 0.05) is 19.4 Å². The molecule has 5 nitrogen and oxygen atoms in total. The van der Waals surface area contributed by atoms with Gasteiger partial charge >= 0.3 is 0 Å². The van der Waals surface area contributed by atoms with E-state index in [-0.39, 0.29) is 0 Å². The first-order chi connectivity index (χ1) is 7.75. The molecule has 3 heterocycles. The van der Waals surface area contributed by atoms with Crippen LogP contribution in [0.4, 0.5) is 11.5 Å². The molecule has 3 rings (SSSR count). The number of fused-ring (bicyclic) bond motifs is 1. The maximum atomic E-state index is 6.03. The molecule has 0 amide bonds. The highest BCUT2D eigenvalue weighted by atomic mass is 35.5. The molecule has 0 spiro atoms. The minimum Gasteiger partial charge on any atom is -0.347 e. The molecular weight excluding hydrogens is 226 g/mol. The summed E-state index contributed by atoms with van der Waals surface area (Å²) in [7, 11) is 1.89. The molecule has 1 N–H and O–H groups in total. The molecule has 0 radical (unpaired) electrons. The fourth-order valence-corrected chi connectivity index (χ4v) is 2.00. The Morgan fingerprint density at radius 3 is 3.12 bits per heavy atom. The summed E-state index contributed by atoms with van der Waals surface area (Å²) in [5, 5.41) is 4.70. The van der Waals surface area contributed by atoms with Crippen LogP contribution in [0, 0.1) is 0 Å². The van der Waals surface area contributed by atoms with Crippen molar-refractivity contribution >= 4 is 28.3 Å². The Labute approximate surface area is 97.4 Å². The van der Waals surface area contributed by atoms with Crippen molar-refractivity contribution in [1.29, 1.82) is 0 Å². The molecule has 0 saturated carbocycles. The Balaban J connectivity index is 2.07. The van der Waals surface area contributed by atoms with Gasteiger partial charge in [-0.1, -0.05) is 11.6 Å². The minimum absolute atomic E-state index is 0.512. The lowest BCUT2D eigenvalue weighted by Crippen LogP contribution is -2.23. The van der Waals surface area contributed by atoms with Crippen molar-refractivity contribution in [2.24, 2.45) is 12.0 Å². The van der Waals surface area contributed by atoms with Crippen LogP contribution in [0.2, 0.25) is 0 Å². The van der Waals surface area contributed by atoms with Crippen molar-refractivity contribution in [2.75, 3.05) is 11.6 Å². The van der Waals surface area contributed by atoms with Gasteiger partial charge in [0.15, 0.2) is 0 Å². The highest BCUT2D eigenvalue weighted by Crippen LogP contribution is 2.30. The summed E-state index contributed by atoms with van der Waals surface area (Å²) in [6.45, 7) is 0.512. The van der Waals surface area contributed by atoms with Gasteiger partial charge in [0.1, 0.15) is 17.7 Å². The van der Waals surface area contributed by atoms with Crippen LogP contribution in [-0.2, 0) is 7.05 Å². The molecule has 0 fully saturated rings. The molecule has 16 heavy (non-hydrogen) atoms. The van der Waals surface area contributed by atoms with Crippen LogP contribution >= 0.6 is 11.6 Å². The van der Waals surface area contributed by atoms with Gasteiger partial charge in [-0.25, -0.2) is 0 Å². The summed E-state index contributed by atoms with van der Waals surface area (Å²) in [4.78, 5) is 9.47. The van der Waals surface area contributed by atoms with Gasteiger partial charge in [0.2, 0.25) is 0 Å². The average molecular weight is 236 g/mol. The second-order valence-electron chi connectivity index (χ2n) is 3.63. The molecule has 6 heteroatoms. The molecule has 0 saturated heterocycles. The molecule has 0 unspecified atom stereocenters. The monoisotopic (exact) mass is 235 g/mol. The van der Waals surface area contributed by atoms with E-state index >= 15 is 0 Å². The van der Waals surface area contributed by atoms with Crippen LogP contribution in [0.15, 0.2) is 29.6 Å². The van der Waals surface area contributed by atoms with Crippen molar-refractivity contribution < 1.29 is 0 Å². The van der Waals surface area contributed by atoms with E-state index in [4.69, 9.17) is 11.6 Å². The molecule has 82 valence electrons. The van der Waals surface area contributed by atoms with Crippen LogP contribution in [0.1, 0.15) is 5.56 Å². The number of aliphatic imine (C=N–C) groups is 1. The van der Waals surface area contributed by atoms with E-state index in [1.807, 2.05) is 30.4 Å². The number of nitrogens with zero attached hydrogens (tertiary/aromatic N) is 4. The number of aromatic nitrogens is 3. The molecule has 2 aromatic heterocycles. The SMILES string of the molecule is Cn1cc(N2CN=C(Cl)c3cc[nH]c32)cn1. The number of H-pyrrole nitrogens is 1. The van der Waals surface area contributed by atoms with Crippen molar-refractivity contribution in [2.45, 2.75) is 0 Å². The minimum atomic E-state index is 0.512. The van der Waals surface area contributed by atoms with Gasteiger partial charge < -0.3 is 9.88 Å². The van der Waals surface area contributed by atoms with Crippen molar-refractivity contribution in [3.63, 3.8) is 0 Å². The lowest BCUT2D eigenvalue weighted by atomic mass is 10.3. The highest BCUT2D eigenvalue weighted by Gasteiger charge is 2.21. The normalized spacial score (nSPS) is 14.9. The summed E-state index contributed by atoms with van der Waals surface area (Å²) in [6.07, 6.45) is 5.61. The lowest BCUT2D eigenvalue weighted by Gasteiger charge is -2.24. The Morgan fingerprint density at radius 1 is 1.50 bits per heavy atom. The summed E-state index contributed by atoms with van der Waals surface area (Å²) in [6, 6.07) is 1.92. The van der Waals surface area contributed by atoms with Crippen LogP contribution in [-0.4, -0.2) is 26.6 Å². The summed E-state index contributed by atoms with van der Waals surface area (Å²) >= 11 is 6.03. The van der Waals surface area contributed by atoms with Crippen LogP contribution in [0.3, 0.4) is 0 Å². The topological polar surface area (TPSA) is 49.2 Å².